The Morgan fingerprint density at radius 3 is 2.45 bits per heavy atom. The standard InChI is InChI=1S/C22H24ClN3O3/c23-16-10-12-17(13-11-16)24-22(29)18-7-4-5-8-19(18)25-20(27)15-26-14-6-2-1-3-9-21(26)28/h4-5,7-8,10-13H,1-3,6,9,14-15H2,(H,24,29)(H,25,27). The summed E-state index contributed by atoms with van der Waals surface area (Å²) in [4.78, 5) is 39.0. The summed E-state index contributed by atoms with van der Waals surface area (Å²) in [6, 6.07) is 13.6. The van der Waals surface area contributed by atoms with Gasteiger partial charge in [-0.05, 0) is 49.2 Å². The Bertz CT molecular complexity index is 883. The summed E-state index contributed by atoms with van der Waals surface area (Å²) < 4.78 is 0. The van der Waals surface area contributed by atoms with Crippen LogP contribution in [0.4, 0.5) is 11.4 Å². The molecule has 0 spiro atoms. The quantitative estimate of drug-likeness (QED) is 0.766. The van der Waals surface area contributed by atoms with Gasteiger partial charge in [-0.15, -0.1) is 0 Å². The molecule has 0 unspecified atom stereocenters. The van der Waals surface area contributed by atoms with Gasteiger partial charge in [0.1, 0.15) is 0 Å². The molecule has 0 aromatic heterocycles. The van der Waals surface area contributed by atoms with Gasteiger partial charge in [-0.1, -0.05) is 36.6 Å². The number of para-hydroxylation sites is 1. The van der Waals surface area contributed by atoms with E-state index in [2.05, 4.69) is 10.6 Å². The molecule has 2 N–H and O–H groups in total. The summed E-state index contributed by atoms with van der Waals surface area (Å²) >= 11 is 5.87. The highest BCUT2D eigenvalue weighted by molar-refractivity contribution is 6.30. The number of carbonyl (C=O) groups excluding carboxylic acids is 3. The predicted octanol–water partition coefficient (Wildman–Crippen LogP) is 4.32. The van der Waals surface area contributed by atoms with Crippen LogP contribution < -0.4 is 10.6 Å². The Kier molecular flexibility index (Phi) is 7.25. The molecule has 0 aliphatic carbocycles. The van der Waals surface area contributed by atoms with Crippen LogP contribution in [0.1, 0.15) is 42.5 Å². The first-order chi connectivity index (χ1) is 14.0. The Labute approximate surface area is 175 Å². The molecule has 6 nitrogen and oxygen atoms in total. The monoisotopic (exact) mass is 413 g/mol. The molecule has 7 heteroatoms. The molecule has 1 heterocycles. The predicted molar refractivity (Wildman–Crippen MR) is 114 cm³/mol. The zero-order valence-corrected chi connectivity index (χ0v) is 16.9. The van der Waals surface area contributed by atoms with Crippen LogP contribution in [0.5, 0.6) is 0 Å². The lowest BCUT2D eigenvalue weighted by molar-refractivity contribution is -0.135. The number of anilines is 2. The normalized spacial score (nSPS) is 14.7. The molecule has 2 aromatic carbocycles. The number of halogens is 1. The summed E-state index contributed by atoms with van der Waals surface area (Å²) in [7, 11) is 0. The Hall–Kier alpha value is -2.86. The van der Waals surface area contributed by atoms with Crippen molar-refractivity contribution in [3.8, 4) is 0 Å². The van der Waals surface area contributed by atoms with Crippen LogP contribution in [0.25, 0.3) is 0 Å². The van der Waals surface area contributed by atoms with Gasteiger partial charge in [0.05, 0.1) is 17.8 Å². The van der Waals surface area contributed by atoms with Gasteiger partial charge in [-0.3, -0.25) is 14.4 Å². The van der Waals surface area contributed by atoms with E-state index < -0.39 is 0 Å². The van der Waals surface area contributed by atoms with Crippen LogP contribution >= 0.6 is 11.6 Å². The number of rotatable bonds is 5. The van der Waals surface area contributed by atoms with Crippen molar-refractivity contribution >= 4 is 40.7 Å². The van der Waals surface area contributed by atoms with Crippen molar-refractivity contribution < 1.29 is 14.4 Å². The van der Waals surface area contributed by atoms with Gasteiger partial charge in [-0.25, -0.2) is 0 Å². The van der Waals surface area contributed by atoms with Gasteiger partial charge < -0.3 is 15.5 Å². The van der Waals surface area contributed by atoms with Gasteiger partial charge >= 0.3 is 0 Å². The number of nitrogens with one attached hydrogen (secondary N) is 2. The molecule has 3 amide bonds. The lowest BCUT2D eigenvalue weighted by Gasteiger charge is -2.24. The molecular formula is C22H24ClN3O3. The first-order valence-electron chi connectivity index (χ1n) is 9.76. The van der Waals surface area contributed by atoms with Crippen LogP contribution in [-0.2, 0) is 9.59 Å². The van der Waals surface area contributed by atoms with E-state index in [1.807, 2.05) is 0 Å². The first-order valence-corrected chi connectivity index (χ1v) is 10.1. The molecule has 1 aliphatic rings. The van der Waals surface area contributed by atoms with Crippen LogP contribution in [0, 0.1) is 0 Å². The summed E-state index contributed by atoms with van der Waals surface area (Å²) in [5.41, 5.74) is 1.35. The largest absolute Gasteiger partial charge is 0.333 e. The van der Waals surface area contributed by atoms with Gasteiger partial charge in [0.25, 0.3) is 5.91 Å². The smallest absolute Gasteiger partial charge is 0.257 e. The van der Waals surface area contributed by atoms with E-state index >= 15 is 0 Å². The number of likely N-dealkylation sites (tertiary alicyclic amines) is 1. The van der Waals surface area contributed by atoms with Crippen molar-refractivity contribution in [1.82, 2.24) is 4.90 Å². The SMILES string of the molecule is O=C(CN1CCCCCCC1=O)Nc1ccccc1C(=O)Nc1ccc(Cl)cc1. The van der Waals surface area contributed by atoms with Gasteiger partial charge in [0.2, 0.25) is 11.8 Å². The van der Waals surface area contributed by atoms with E-state index in [1.165, 1.54) is 0 Å². The van der Waals surface area contributed by atoms with E-state index in [-0.39, 0.29) is 24.3 Å². The second-order valence-corrected chi connectivity index (χ2v) is 7.47. The van der Waals surface area contributed by atoms with Crippen LogP contribution in [-0.4, -0.2) is 35.7 Å². The van der Waals surface area contributed by atoms with Gasteiger partial charge in [0.15, 0.2) is 0 Å². The number of hydrogen-bond donors (Lipinski definition) is 2. The number of hydrogen-bond acceptors (Lipinski definition) is 3. The topological polar surface area (TPSA) is 78.5 Å². The fraction of sp³-hybridized carbons (Fsp3) is 0.318. The Balaban J connectivity index is 1.66. The number of nitrogens with zero attached hydrogens (tertiary/aromatic N) is 1. The van der Waals surface area contributed by atoms with E-state index in [1.54, 1.807) is 53.4 Å². The molecule has 0 saturated carbocycles. The lowest BCUT2D eigenvalue weighted by Crippen LogP contribution is -2.39. The number of benzene rings is 2. The average Bonchev–Trinajstić information content (AvgIpc) is 2.70. The molecule has 152 valence electrons. The molecule has 1 aliphatic heterocycles. The second kappa shape index (κ2) is 10.1. The third-order valence-corrected chi connectivity index (χ3v) is 5.06. The highest BCUT2D eigenvalue weighted by Gasteiger charge is 2.20. The average molecular weight is 414 g/mol. The van der Waals surface area contributed by atoms with Crippen LogP contribution in [0.2, 0.25) is 5.02 Å². The Morgan fingerprint density at radius 1 is 0.931 bits per heavy atom. The molecule has 0 atom stereocenters. The maximum atomic E-state index is 12.7. The summed E-state index contributed by atoms with van der Waals surface area (Å²) in [6.45, 7) is 0.580. The molecule has 3 rings (SSSR count). The molecule has 0 bridgehead atoms. The van der Waals surface area contributed by atoms with Crippen molar-refractivity contribution in [3.63, 3.8) is 0 Å². The molecule has 1 saturated heterocycles. The lowest BCUT2D eigenvalue weighted by atomic mass is 10.1. The minimum absolute atomic E-state index is 0.00797. The minimum atomic E-state index is -0.342. The molecule has 29 heavy (non-hydrogen) atoms. The molecule has 2 aromatic rings. The fourth-order valence-electron chi connectivity index (χ4n) is 3.27. The summed E-state index contributed by atoms with van der Waals surface area (Å²) in [5, 5.41) is 6.14. The minimum Gasteiger partial charge on any atom is -0.333 e. The highest BCUT2D eigenvalue weighted by Crippen LogP contribution is 2.19. The number of amides is 3. The number of carbonyl (C=O) groups is 3. The molecule has 1 fully saturated rings. The van der Waals surface area contributed by atoms with E-state index in [0.717, 1.165) is 25.7 Å². The third-order valence-electron chi connectivity index (χ3n) is 4.80. The van der Waals surface area contributed by atoms with E-state index in [9.17, 15) is 14.4 Å². The zero-order chi connectivity index (χ0) is 20.6. The third kappa shape index (κ3) is 6.06. The van der Waals surface area contributed by atoms with Crippen LogP contribution in [0.15, 0.2) is 48.5 Å². The Morgan fingerprint density at radius 2 is 1.66 bits per heavy atom. The van der Waals surface area contributed by atoms with Crippen molar-refractivity contribution in [3.05, 3.63) is 59.1 Å². The maximum absolute atomic E-state index is 12.7. The van der Waals surface area contributed by atoms with Gasteiger partial charge in [0, 0.05) is 23.7 Å². The van der Waals surface area contributed by atoms with E-state index in [4.69, 9.17) is 11.6 Å². The van der Waals surface area contributed by atoms with Gasteiger partial charge in [-0.2, -0.15) is 0 Å². The molecular weight excluding hydrogens is 390 g/mol. The molecule has 0 radical (unpaired) electrons. The van der Waals surface area contributed by atoms with Crippen LogP contribution in [0.3, 0.4) is 0 Å². The summed E-state index contributed by atoms with van der Waals surface area (Å²) in [6.07, 6.45) is 4.37. The highest BCUT2D eigenvalue weighted by atomic mass is 35.5. The zero-order valence-electron chi connectivity index (χ0n) is 16.1. The van der Waals surface area contributed by atoms with Crippen molar-refractivity contribution in [2.24, 2.45) is 0 Å². The van der Waals surface area contributed by atoms with Crippen molar-refractivity contribution in [2.45, 2.75) is 32.1 Å². The summed E-state index contributed by atoms with van der Waals surface area (Å²) in [5.74, 6) is -0.648. The maximum Gasteiger partial charge on any atom is 0.257 e. The fourth-order valence-corrected chi connectivity index (χ4v) is 3.39. The second-order valence-electron chi connectivity index (χ2n) is 7.03. The van der Waals surface area contributed by atoms with Crippen molar-refractivity contribution in [1.29, 1.82) is 0 Å². The van der Waals surface area contributed by atoms with Crippen molar-refractivity contribution in [2.75, 3.05) is 23.7 Å². The first kappa shape index (κ1) is 20.9. The van der Waals surface area contributed by atoms with E-state index in [0.29, 0.717) is 34.9 Å².